The molecule has 1 N–H and O–H groups in total. The van der Waals surface area contributed by atoms with Crippen LogP contribution in [0.3, 0.4) is 0 Å². The molecular weight excluding hydrogens is 294 g/mol. The molecule has 126 valence electrons. The maximum absolute atomic E-state index is 12.7. The maximum Gasteiger partial charge on any atom is 0.254 e. The number of amides is 1. The summed E-state index contributed by atoms with van der Waals surface area (Å²) in [4.78, 5) is 17.2. The summed E-state index contributed by atoms with van der Waals surface area (Å²) in [6.45, 7) is 5.61. The van der Waals surface area contributed by atoms with Crippen molar-refractivity contribution in [3.05, 3.63) is 23.8 Å². The molecule has 3 rings (SSSR count). The van der Waals surface area contributed by atoms with Crippen LogP contribution in [-0.4, -0.2) is 75.2 Å². The van der Waals surface area contributed by atoms with Gasteiger partial charge < -0.3 is 19.7 Å². The lowest BCUT2D eigenvalue weighted by atomic mass is 10.1. The molecule has 2 aliphatic heterocycles. The van der Waals surface area contributed by atoms with E-state index in [2.05, 4.69) is 10.2 Å². The van der Waals surface area contributed by atoms with E-state index in [-0.39, 0.29) is 5.91 Å². The molecule has 0 aromatic heterocycles. The lowest BCUT2D eigenvalue weighted by molar-refractivity contribution is 0.0583. The first kappa shape index (κ1) is 16.1. The Morgan fingerprint density at radius 3 is 2.26 bits per heavy atom. The Kier molecular flexibility index (Phi) is 5.03. The molecule has 2 fully saturated rings. The zero-order chi connectivity index (χ0) is 16.2. The molecule has 1 aromatic carbocycles. The van der Waals surface area contributed by atoms with E-state index in [1.54, 1.807) is 32.4 Å². The lowest BCUT2D eigenvalue weighted by Crippen LogP contribution is -2.52. The number of benzene rings is 1. The fraction of sp³-hybridized carbons (Fsp3) is 0.588. The lowest BCUT2D eigenvalue weighted by Gasteiger charge is -2.37. The zero-order valence-corrected chi connectivity index (χ0v) is 13.9. The van der Waals surface area contributed by atoms with Crippen LogP contribution in [0.2, 0.25) is 0 Å². The largest absolute Gasteiger partial charge is 0.497 e. The van der Waals surface area contributed by atoms with Crippen LogP contribution in [0.15, 0.2) is 18.2 Å². The minimum Gasteiger partial charge on any atom is -0.497 e. The van der Waals surface area contributed by atoms with Gasteiger partial charge in [0.1, 0.15) is 11.5 Å². The van der Waals surface area contributed by atoms with Gasteiger partial charge in [0.2, 0.25) is 0 Å². The summed E-state index contributed by atoms with van der Waals surface area (Å²) in [6, 6.07) is 5.96. The fourth-order valence-electron chi connectivity index (χ4n) is 3.35. The topological polar surface area (TPSA) is 54.0 Å². The predicted molar refractivity (Wildman–Crippen MR) is 88.3 cm³/mol. The zero-order valence-electron chi connectivity index (χ0n) is 13.9. The van der Waals surface area contributed by atoms with Gasteiger partial charge in [0.15, 0.2) is 0 Å². The van der Waals surface area contributed by atoms with Gasteiger partial charge in [-0.25, -0.2) is 0 Å². The number of hydrogen-bond donors (Lipinski definition) is 1. The first-order valence-electron chi connectivity index (χ1n) is 8.18. The maximum atomic E-state index is 12.7. The fourth-order valence-corrected chi connectivity index (χ4v) is 3.35. The number of nitrogens with one attached hydrogen (secondary N) is 1. The van der Waals surface area contributed by atoms with E-state index in [0.717, 1.165) is 39.3 Å². The van der Waals surface area contributed by atoms with Crippen LogP contribution in [0, 0.1) is 0 Å². The number of nitrogens with zero attached hydrogens (tertiary/aromatic N) is 2. The van der Waals surface area contributed by atoms with Gasteiger partial charge in [-0.1, -0.05) is 0 Å². The minimum atomic E-state index is 0.0476. The van der Waals surface area contributed by atoms with Gasteiger partial charge in [0.05, 0.1) is 14.2 Å². The number of carbonyl (C=O) groups is 1. The van der Waals surface area contributed by atoms with Crippen LogP contribution < -0.4 is 14.8 Å². The Bertz CT molecular complexity index is 528. The Hall–Kier alpha value is -1.79. The molecule has 1 atom stereocenters. The number of rotatable bonds is 4. The number of methoxy groups -OCH3 is 2. The van der Waals surface area contributed by atoms with Crippen LogP contribution in [0.25, 0.3) is 0 Å². The van der Waals surface area contributed by atoms with Gasteiger partial charge in [-0.2, -0.15) is 0 Å². The minimum absolute atomic E-state index is 0.0476. The third-order valence-corrected chi connectivity index (χ3v) is 4.75. The van der Waals surface area contributed by atoms with Crippen molar-refractivity contribution in [2.24, 2.45) is 0 Å². The van der Waals surface area contributed by atoms with Crippen LogP contribution in [0.5, 0.6) is 11.5 Å². The number of hydrogen-bond acceptors (Lipinski definition) is 5. The second-order valence-electron chi connectivity index (χ2n) is 6.08. The molecule has 0 radical (unpaired) electrons. The number of piperazine rings is 1. The highest BCUT2D eigenvalue weighted by Crippen LogP contribution is 2.24. The van der Waals surface area contributed by atoms with E-state index in [1.807, 2.05) is 4.90 Å². The molecule has 6 heteroatoms. The van der Waals surface area contributed by atoms with E-state index in [4.69, 9.17) is 9.47 Å². The third-order valence-electron chi connectivity index (χ3n) is 4.75. The van der Waals surface area contributed by atoms with Gasteiger partial charge in [0.25, 0.3) is 5.91 Å². The summed E-state index contributed by atoms with van der Waals surface area (Å²) < 4.78 is 10.5. The molecular formula is C17H25N3O3. The van der Waals surface area contributed by atoms with Crippen LogP contribution >= 0.6 is 0 Å². The summed E-state index contributed by atoms with van der Waals surface area (Å²) in [7, 11) is 3.19. The van der Waals surface area contributed by atoms with E-state index >= 15 is 0 Å². The molecule has 2 aliphatic rings. The highest BCUT2D eigenvalue weighted by molar-refractivity contribution is 5.95. The summed E-state index contributed by atoms with van der Waals surface area (Å²) in [5, 5.41) is 3.40. The van der Waals surface area contributed by atoms with Gasteiger partial charge in [-0.3, -0.25) is 9.69 Å². The van der Waals surface area contributed by atoms with Gasteiger partial charge in [-0.15, -0.1) is 0 Å². The van der Waals surface area contributed by atoms with Gasteiger partial charge >= 0.3 is 0 Å². The summed E-state index contributed by atoms with van der Waals surface area (Å²) in [5.41, 5.74) is 0.622. The quantitative estimate of drug-likeness (QED) is 0.891. The van der Waals surface area contributed by atoms with E-state index in [1.165, 1.54) is 6.42 Å². The molecule has 1 amide bonds. The monoisotopic (exact) mass is 319 g/mol. The summed E-state index contributed by atoms with van der Waals surface area (Å²) in [5.74, 6) is 1.33. The van der Waals surface area contributed by atoms with Crippen molar-refractivity contribution in [2.75, 3.05) is 53.5 Å². The van der Waals surface area contributed by atoms with Crippen molar-refractivity contribution >= 4 is 5.91 Å². The molecule has 1 aromatic rings. The molecule has 1 unspecified atom stereocenters. The highest BCUT2D eigenvalue weighted by atomic mass is 16.5. The predicted octanol–water partition coefficient (Wildman–Crippen LogP) is 0.824. The van der Waals surface area contributed by atoms with Crippen molar-refractivity contribution in [1.82, 2.24) is 15.1 Å². The smallest absolute Gasteiger partial charge is 0.254 e. The van der Waals surface area contributed by atoms with E-state index < -0.39 is 0 Å². The average molecular weight is 319 g/mol. The van der Waals surface area contributed by atoms with Crippen molar-refractivity contribution in [3.63, 3.8) is 0 Å². The highest BCUT2D eigenvalue weighted by Gasteiger charge is 2.28. The van der Waals surface area contributed by atoms with Crippen molar-refractivity contribution in [3.8, 4) is 11.5 Å². The average Bonchev–Trinajstić information content (AvgIpc) is 3.15. The Morgan fingerprint density at radius 1 is 1.09 bits per heavy atom. The van der Waals surface area contributed by atoms with Crippen LogP contribution in [-0.2, 0) is 0 Å². The third kappa shape index (κ3) is 3.59. The Labute approximate surface area is 137 Å². The Morgan fingerprint density at radius 2 is 1.74 bits per heavy atom. The van der Waals surface area contributed by atoms with Crippen LogP contribution in [0.1, 0.15) is 16.8 Å². The standard InChI is InChI=1S/C17H25N3O3/c1-22-15-9-13(10-16(11-15)23-2)17(21)20-7-5-19(6-8-20)14-3-4-18-12-14/h9-11,14,18H,3-8,12H2,1-2H3. The molecule has 0 spiro atoms. The Balaban J connectivity index is 1.65. The van der Waals surface area contributed by atoms with Gasteiger partial charge in [-0.05, 0) is 25.1 Å². The van der Waals surface area contributed by atoms with Crippen LogP contribution in [0.4, 0.5) is 0 Å². The second-order valence-corrected chi connectivity index (χ2v) is 6.08. The molecule has 2 heterocycles. The number of ether oxygens (including phenoxy) is 2. The van der Waals surface area contributed by atoms with Crippen molar-refractivity contribution in [2.45, 2.75) is 12.5 Å². The molecule has 6 nitrogen and oxygen atoms in total. The number of carbonyl (C=O) groups excluding carboxylic acids is 1. The van der Waals surface area contributed by atoms with E-state index in [9.17, 15) is 4.79 Å². The summed E-state index contributed by atoms with van der Waals surface area (Å²) >= 11 is 0. The molecule has 0 saturated carbocycles. The second kappa shape index (κ2) is 7.19. The van der Waals surface area contributed by atoms with Crippen molar-refractivity contribution < 1.29 is 14.3 Å². The van der Waals surface area contributed by atoms with E-state index in [0.29, 0.717) is 23.1 Å². The van der Waals surface area contributed by atoms with Gasteiger partial charge in [0, 0.05) is 50.4 Å². The molecule has 0 bridgehead atoms. The molecule has 23 heavy (non-hydrogen) atoms. The molecule has 2 saturated heterocycles. The normalized spacial score (nSPS) is 22.2. The SMILES string of the molecule is COc1cc(OC)cc(C(=O)N2CCN(C3CCNC3)CC2)c1. The summed E-state index contributed by atoms with van der Waals surface area (Å²) in [6.07, 6.45) is 1.21. The first-order valence-corrected chi connectivity index (χ1v) is 8.18. The molecule has 0 aliphatic carbocycles. The first-order chi connectivity index (χ1) is 11.2. The van der Waals surface area contributed by atoms with Crippen molar-refractivity contribution in [1.29, 1.82) is 0 Å².